The Morgan fingerprint density at radius 2 is 1.87 bits per heavy atom. The first kappa shape index (κ1) is 13.0. The minimum Gasteiger partial charge on any atom is -0.330 e. The van der Waals surface area contributed by atoms with Gasteiger partial charge in [0, 0.05) is 32.2 Å². The molecule has 0 bridgehead atoms. The van der Waals surface area contributed by atoms with Gasteiger partial charge in [0.25, 0.3) is 0 Å². The van der Waals surface area contributed by atoms with Gasteiger partial charge in [0.15, 0.2) is 0 Å². The lowest BCUT2D eigenvalue weighted by molar-refractivity contribution is 0.680. The van der Waals surface area contributed by atoms with Crippen LogP contribution in [0.2, 0.25) is 10.0 Å². The summed E-state index contributed by atoms with van der Waals surface area (Å²) >= 11 is 11.9. The maximum Gasteiger partial charge on any atom is 0.0515 e. The Hall–Kier alpha value is -0.0900. The molecule has 2 nitrogen and oxygen atoms in total. The van der Waals surface area contributed by atoms with Crippen LogP contribution in [0.25, 0.3) is 0 Å². The third-order valence-electron chi connectivity index (χ3n) is 1.94. The van der Waals surface area contributed by atoms with E-state index in [9.17, 15) is 4.21 Å². The monoisotopic (exact) mass is 265 g/mol. The van der Waals surface area contributed by atoms with E-state index in [0.717, 1.165) is 12.0 Å². The van der Waals surface area contributed by atoms with Crippen molar-refractivity contribution in [3.05, 3.63) is 33.8 Å². The summed E-state index contributed by atoms with van der Waals surface area (Å²) in [6, 6.07) is 5.28. The highest BCUT2D eigenvalue weighted by Gasteiger charge is 2.08. The zero-order valence-corrected chi connectivity index (χ0v) is 10.5. The van der Waals surface area contributed by atoms with Crippen LogP contribution >= 0.6 is 23.2 Å². The van der Waals surface area contributed by atoms with Crippen molar-refractivity contribution >= 4 is 34.0 Å². The fraction of sp³-hybridized carbons (Fsp3) is 0.400. The van der Waals surface area contributed by atoms with Gasteiger partial charge in [-0.25, -0.2) is 0 Å². The third-order valence-corrected chi connectivity index (χ3v) is 4.01. The maximum absolute atomic E-state index is 11.6. The third kappa shape index (κ3) is 4.11. The molecule has 0 aliphatic carbocycles. The van der Waals surface area contributed by atoms with Gasteiger partial charge in [0.05, 0.1) is 5.75 Å². The topological polar surface area (TPSA) is 43.1 Å². The smallest absolute Gasteiger partial charge is 0.0515 e. The summed E-state index contributed by atoms with van der Waals surface area (Å²) in [5.74, 6) is 0.997. The molecule has 0 aromatic heterocycles. The summed E-state index contributed by atoms with van der Waals surface area (Å²) in [7, 11) is -0.940. The molecule has 1 aromatic rings. The zero-order valence-electron chi connectivity index (χ0n) is 8.21. The molecular formula is C10H13Cl2NOS. The van der Waals surface area contributed by atoms with E-state index < -0.39 is 10.8 Å². The summed E-state index contributed by atoms with van der Waals surface area (Å²) in [4.78, 5) is 0. The van der Waals surface area contributed by atoms with Crippen molar-refractivity contribution in [3.63, 3.8) is 0 Å². The maximum atomic E-state index is 11.6. The van der Waals surface area contributed by atoms with Crippen molar-refractivity contribution in [2.45, 2.75) is 12.2 Å². The molecule has 1 atom stereocenters. The Bertz CT molecular complexity index is 337. The van der Waals surface area contributed by atoms with Crippen LogP contribution in [0.1, 0.15) is 12.0 Å². The Kier molecular flexibility index (Phi) is 5.61. The van der Waals surface area contributed by atoms with Gasteiger partial charge in [-0.2, -0.15) is 0 Å². The predicted molar refractivity (Wildman–Crippen MR) is 66.8 cm³/mol. The van der Waals surface area contributed by atoms with Crippen LogP contribution in [0.5, 0.6) is 0 Å². The highest BCUT2D eigenvalue weighted by atomic mass is 35.5. The highest BCUT2D eigenvalue weighted by molar-refractivity contribution is 7.84. The summed E-state index contributed by atoms with van der Waals surface area (Å²) in [6.07, 6.45) is 0.759. The van der Waals surface area contributed by atoms with Gasteiger partial charge in [-0.3, -0.25) is 4.21 Å². The molecule has 0 amide bonds. The van der Waals surface area contributed by atoms with E-state index in [0.29, 0.717) is 28.1 Å². The van der Waals surface area contributed by atoms with Gasteiger partial charge < -0.3 is 5.73 Å². The summed E-state index contributed by atoms with van der Waals surface area (Å²) in [5, 5.41) is 1.15. The second-order valence-corrected chi connectivity index (χ2v) is 5.52. The van der Waals surface area contributed by atoms with Gasteiger partial charge in [0.2, 0.25) is 0 Å². The quantitative estimate of drug-likeness (QED) is 0.890. The summed E-state index contributed by atoms with van der Waals surface area (Å²) < 4.78 is 11.6. The van der Waals surface area contributed by atoms with Gasteiger partial charge in [-0.1, -0.05) is 29.3 Å². The Balaban J connectivity index is 2.68. The first-order valence-corrected chi connectivity index (χ1v) is 6.87. The number of halogens is 2. The van der Waals surface area contributed by atoms with Crippen LogP contribution in [0, 0.1) is 0 Å². The molecule has 0 heterocycles. The van der Waals surface area contributed by atoms with Crippen molar-refractivity contribution in [1.29, 1.82) is 0 Å². The zero-order chi connectivity index (χ0) is 11.3. The number of hydrogen-bond donors (Lipinski definition) is 1. The van der Waals surface area contributed by atoms with Crippen LogP contribution < -0.4 is 5.73 Å². The van der Waals surface area contributed by atoms with Crippen molar-refractivity contribution < 1.29 is 4.21 Å². The molecule has 0 aliphatic rings. The fourth-order valence-electron chi connectivity index (χ4n) is 1.15. The highest BCUT2D eigenvalue weighted by Crippen LogP contribution is 2.25. The molecule has 15 heavy (non-hydrogen) atoms. The average molecular weight is 266 g/mol. The van der Waals surface area contributed by atoms with Crippen LogP contribution in [0.3, 0.4) is 0 Å². The van der Waals surface area contributed by atoms with Gasteiger partial charge in [-0.15, -0.1) is 0 Å². The molecule has 0 saturated carbocycles. The van der Waals surface area contributed by atoms with Crippen molar-refractivity contribution in [2.24, 2.45) is 5.73 Å². The minimum absolute atomic E-state index is 0.401. The largest absolute Gasteiger partial charge is 0.330 e. The van der Waals surface area contributed by atoms with Gasteiger partial charge in [0.1, 0.15) is 0 Å². The molecule has 1 aromatic carbocycles. The van der Waals surface area contributed by atoms with Crippen LogP contribution in [-0.4, -0.2) is 16.5 Å². The van der Waals surface area contributed by atoms with Crippen molar-refractivity contribution in [2.75, 3.05) is 12.3 Å². The second-order valence-electron chi connectivity index (χ2n) is 3.13. The van der Waals surface area contributed by atoms with Gasteiger partial charge in [-0.05, 0) is 25.1 Å². The van der Waals surface area contributed by atoms with Crippen LogP contribution in [0.4, 0.5) is 0 Å². The van der Waals surface area contributed by atoms with Crippen molar-refractivity contribution in [1.82, 2.24) is 0 Å². The average Bonchev–Trinajstić information content (AvgIpc) is 2.21. The lowest BCUT2D eigenvalue weighted by Crippen LogP contribution is -2.07. The van der Waals surface area contributed by atoms with E-state index in [1.807, 2.05) is 0 Å². The van der Waals surface area contributed by atoms with E-state index in [2.05, 4.69) is 0 Å². The molecule has 0 saturated heterocycles. The van der Waals surface area contributed by atoms with Crippen LogP contribution in [0.15, 0.2) is 18.2 Å². The summed E-state index contributed by atoms with van der Waals surface area (Å²) in [5.41, 5.74) is 6.10. The van der Waals surface area contributed by atoms with E-state index >= 15 is 0 Å². The molecule has 0 radical (unpaired) electrons. The predicted octanol–water partition coefficient (Wildman–Crippen LogP) is 2.59. The standard InChI is InChI=1S/C10H13Cl2NOS/c11-9-3-1-4-10(12)8(9)7-15(14)6-2-5-13/h1,3-4H,2,5-7,13H2. The lowest BCUT2D eigenvalue weighted by Gasteiger charge is -2.06. The number of rotatable bonds is 5. The molecule has 0 spiro atoms. The van der Waals surface area contributed by atoms with E-state index in [4.69, 9.17) is 28.9 Å². The van der Waals surface area contributed by atoms with Crippen molar-refractivity contribution in [3.8, 4) is 0 Å². The number of hydrogen-bond acceptors (Lipinski definition) is 2. The van der Waals surface area contributed by atoms with E-state index in [-0.39, 0.29) is 0 Å². The van der Waals surface area contributed by atoms with Crippen LogP contribution in [-0.2, 0) is 16.6 Å². The fourth-order valence-corrected chi connectivity index (χ4v) is 3.10. The molecule has 1 unspecified atom stereocenters. The Morgan fingerprint density at radius 1 is 1.27 bits per heavy atom. The number of nitrogens with two attached hydrogens (primary N) is 1. The normalized spacial score (nSPS) is 12.7. The molecule has 1 rings (SSSR count). The molecule has 0 fully saturated rings. The molecule has 5 heteroatoms. The second kappa shape index (κ2) is 6.48. The van der Waals surface area contributed by atoms with Gasteiger partial charge >= 0.3 is 0 Å². The van der Waals surface area contributed by atoms with E-state index in [1.54, 1.807) is 18.2 Å². The lowest BCUT2D eigenvalue weighted by atomic mass is 10.2. The SMILES string of the molecule is NCCCS(=O)Cc1c(Cl)cccc1Cl. The molecule has 0 aliphatic heterocycles. The number of benzene rings is 1. The summed E-state index contributed by atoms with van der Waals surface area (Å²) in [6.45, 7) is 0.558. The first-order valence-electron chi connectivity index (χ1n) is 4.63. The minimum atomic E-state index is -0.940. The Labute approximate surface area is 102 Å². The first-order chi connectivity index (χ1) is 7.15. The molecular weight excluding hydrogens is 253 g/mol. The molecule has 84 valence electrons. The molecule has 2 N–H and O–H groups in total. The Morgan fingerprint density at radius 3 is 2.40 bits per heavy atom. The van der Waals surface area contributed by atoms with E-state index in [1.165, 1.54) is 0 Å².